The van der Waals surface area contributed by atoms with Gasteiger partial charge in [0, 0.05) is 0 Å². The molecule has 0 spiro atoms. The average molecular weight is 300 g/mol. The molecule has 1 nitrogen and oxygen atoms in total. The van der Waals surface area contributed by atoms with E-state index in [0.717, 1.165) is 11.0 Å². The molecule has 85 valence electrons. The van der Waals surface area contributed by atoms with Crippen LogP contribution in [0.3, 0.4) is 0 Å². The van der Waals surface area contributed by atoms with Crippen LogP contribution in [0.5, 0.6) is 0 Å². The standard InChI is InChI=1S/C14H17N.Ru/c1-15(2,3)11-12-8-9-13-6-4-5-7-14(13)10-12;/h4-7,9-10H,11H2,1-3H3;/q;+1. The van der Waals surface area contributed by atoms with E-state index in [4.69, 9.17) is 0 Å². The van der Waals surface area contributed by atoms with Crippen LogP contribution in [0.1, 0.15) is 5.56 Å². The maximum Gasteiger partial charge on any atom is 1.00 e. The van der Waals surface area contributed by atoms with Crippen molar-refractivity contribution in [1.82, 2.24) is 0 Å². The third kappa shape index (κ3) is 3.40. The first-order valence-electron chi connectivity index (χ1n) is 5.24. The number of quaternary nitrogens is 1. The summed E-state index contributed by atoms with van der Waals surface area (Å²) in [6, 6.07) is 16.1. The molecule has 0 saturated heterocycles. The van der Waals surface area contributed by atoms with E-state index < -0.39 is 0 Å². The van der Waals surface area contributed by atoms with Gasteiger partial charge in [0.1, 0.15) is 0 Å². The van der Waals surface area contributed by atoms with Crippen molar-refractivity contribution in [2.75, 3.05) is 21.1 Å². The second-order valence-corrected chi connectivity index (χ2v) is 5.04. The monoisotopic (exact) mass is 301 g/mol. The molecule has 1 radical (unpaired) electrons. The molecule has 0 bridgehead atoms. The third-order valence-electron chi connectivity index (χ3n) is 2.38. The van der Waals surface area contributed by atoms with E-state index in [0.29, 0.717) is 0 Å². The Labute approximate surface area is 110 Å². The second kappa shape index (κ2) is 5.08. The molecule has 0 aliphatic heterocycles. The Hall–Kier alpha value is -0.717. The van der Waals surface area contributed by atoms with E-state index in [-0.39, 0.29) is 19.5 Å². The molecule has 0 unspecified atom stereocenters. The molecule has 0 aromatic heterocycles. The molecule has 0 N–H and O–H groups in total. The maximum absolute atomic E-state index is 3.35. The predicted octanol–water partition coefficient (Wildman–Crippen LogP) is 2.84. The first-order valence-corrected chi connectivity index (χ1v) is 5.24. The summed E-state index contributed by atoms with van der Waals surface area (Å²) in [5.41, 5.74) is 1.28. The molecule has 0 aliphatic carbocycles. The molecule has 0 heterocycles. The minimum atomic E-state index is 0. The van der Waals surface area contributed by atoms with Crippen LogP contribution in [0.2, 0.25) is 0 Å². The van der Waals surface area contributed by atoms with E-state index in [1.54, 1.807) is 0 Å². The van der Waals surface area contributed by atoms with Crippen molar-refractivity contribution < 1.29 is 24.0 Å². The van der Waals surface area contributed by atoms with E-state index in [1.807, 2.05) is 0 Å². The fraction of sp³-hybridized carbons (Fsp3) is 0.286. The van der Waals surface area contributed by atoms with E-state index in [1.165, 1.54) is 16.3 Å². The van der Waals surface area contributed by atoms with Gasteiger partial charge in [0.25, 0.3) is 0 Å². The molecular formula is C14H17NRu+. The van der Waals surface area contributed by atoms with E-state index in [9.17, 15) is 0 Å². The van der Waals surface area contributed by atoms with Gasteiger partial charge >= 0.3 is 19.5 Å². The Morgan fingerprint density at radius 1 is 1.06 bits per heavy atom. The van der Waals surface area contributed by atoms with Crippen molar-refractivity contribution in [1.29, 1.82) is 0 Å². The largest absolute Gasteiger partial charge is 1.00 e. The molecule has 2 aromatic carbocycles. The molecular weight excluding hydrogens is 283 g/mol. The summed E-state index contributed by atoms with van der Waals surface area (Å²) in [5, 5.41) is 2.57. The van der Waals surface area contributed by atoms with Gasteiger partial charge in [-0.05, 0) is 0 Å². The molecule has 0 saturated carbocycles. The summed E-state index contributed by atoms with van der Waals surface area (Å²) in [7, 11) is 6.59. The van der Waals surface area contributed by atoms with Crippen LogP contribution in [0.15, 0.2) is 36.4 Å². The molecule has 0 fully saturated rings. The first kappa shape index (κ1) is 13.3. The van der Waals surface area contributed by atoms with Gasteiger partial charge in [-0.2, -0.15) is 18.2 Å². The zero-order valence-electron chi connectivity index (χ0n) is 9.97. The van der Waals surface area contributed by atoms with Crippen LogP contribution < -0.4 is 0 Å². The Balaban J connectivity index is 0.00000128. The zero-order valence-corrected chi connectivity index (χ0v) is 11.7. The van der Waals surface area contributed by atoms with Crippen molar-refractivity contribution in [3.8, 4) is 0 Å². The summed E-state index contributed by atoms with van der Waals surface area (Å²) >= 11 is 0. The zero-order chi connectivity index (χ0) is 10.9. The minimum absolute atomic E-state index is 0. The SMILES string of the molecule is C[N+](C)(C)Cc1[c-]cc2ccccc2c1.[Ru+]. The number of hydrogen-bond donors (Lipinski definition) is 0. The predicted molar refractivity (Wildman–Crippen MR) is 64.5 cm³/mol. The smallest absolute Gasteiger partial charge is 0.329 e. The van der Waals surface area contributed by atoms with E-state index in [2.05, 4.69) is 63.6 Å². The minimum Gasteiger partial charge on any atom is -0.329 e. The van der Waals surface area contributed by atoms with Gasteiger partial charge < -0.3 is 4.48 Å². The first-order chi connectivity index (χ1) is 7.04. The maximum atomic E-state index is 3.35. The summed E-state index contributed by atoms with van der Waals surface area (Å²) < 4.78 is 0.939. The summed E-state index contributed by atoms with van der Waals surface area (Å²) in [6.07, 6.45) is 0. The molecule has 0 amide bonds. The molecule has 0 atom stereocenters. The van der Waals surface area contributed by atoms with Gasteiger partial charge in [-0.1, -0.05) is 18.2 Å². The molecule has 2 aromatic rings. The summed E-state index contributed by atoms with van der Waals surface area (Å²) in [4.78, 5) is 0. The van der Waals surface area contributed by atoms with Crippen LogP contribution in [-0.2, 0) is 26.0 Å². The van der Waals surface area contributed by atoms with Crippen molar-refractivity contribution in [3.05, 3.63) is 48.0 Å². The number of fused-ring (bicyclic) bond motifs is 1. The number of benzene rings is 2. The van der Waals surface area contributed by atoms with Gasteiger partial charge in [-0.3, -0.25) is 0 Å². The van der Waals surface area contributed by atoms with E-state index >= 15 is 0 Å². The normalized spacial score (nSPS) is 11.2. The van der Waals surface area contributed by atoms with Crippen LogP contribution in [0.4, 0.5) is 0 Å². The summed E-state index contributed by atoms with van der Waals surface area (Å²) in [5.74, 6) is 0. The number of rotatable bonds is 2. The average Bonchev–Trinajstić information content (AvgIpc) is 2.15. The fourth-order valence-corrected chi connectivity index (χ4v) is 1.78. The van der Waals surface area contributed by atoms with Gasteiger partial charge in [0.2, 0.25) is 0 Å². The van der Waals surface area contributed by atoms with Gasteiger partial charge in [-0.25, -0.2) is 0 Å². The van der Waals surface area contributed by atoms with Gasteiger partial charge in [0.15, 0.2) is 0 Å². The quantitative estimate of drug-likeness (QED) is 0.454. The number of nitrogens with zero attached hydrogens (tertiary/aromatic N) is 1. The Bertz CT molecular complexity index is 471. The Morgan fingerprint density at radius 2 is 1.69 bits per heavy atom. The van der Waals surface area contributed by atoms with Crippen molar-refractivity contribution >= 4 is 10.8 Å². The molecule has 2 rings (SSSR count). The van der Waals surface area contributed by atoms with Crippen molar-refractivity contribution in [3.63, 3.8) is 0 Å². The molecule has 0 aliphatic rings. The van der Waals surface area contributed by atoms with Crippen LogP contribution in [0.25, 0.3) is 10.8 Å². The molecule has 16 heavy (non-hydrogen) atoms. The van der Waals surface area contributed by atoms with Crippen molar-refractivity contribution in [2.45, 2.75) is 6.54 Å². The third-order valence-corrected chi connectivity index (χ3v) is 2.38. The van der Waals surface area contributed by atoms with Crippen LogP contribution in [-0.4, -0.2) is 25.6 Å². The Kier molecular flexibility index (Phi) is 4.23. The second-order valence-electron chi connectivity index (χ2n) is 5.04. The Morgan fingerprint density at radius 3 is 2.31 bits per heavy atom. The number of hydrogen-bond acceptors (Lipinski definition) is 0. The van der Waals surface area contributed by atoms with Crippen LogP contribution in [0, 0.1) is 6.07 Å². The van der Waals surface area contributed by atoms with Crippen molar-refractivity contribution in [2.24, 2.45) is 0 Å². The molecule has 2 heteroatoms. The van der Waals surface area contributed by atoms with Gasteiger partial charge in [0.05, 0.1) is 27.7 Å². The topological polar surface area (TPSA) is 0 Å². The fourth-order valence-electron chi connectivity index (χ4n) is 1.78. The summed E-state index contributed by atoms with van der Waals surface area (Å²) in [6.45, 7) is 1.02. The van der Waals surface area contributed by atoms with Gasteiger partial charge in [-0.15, -0.1) is 22.4 Å². The van der Waals surface area contributed by atoms with Crippen LogP contribution >= 0.6 is 0 Å².